The Kier molecular flexibility index (Phi) is 4.91. The Labute approximate surface area is 188 Å². The van der Waals surface area contributed by atoms with Gasteiger partial charge in [-0.1, -0.05) is 66.2 Å². The number of fused-ring (bicyclic) bond motifs is 4. The molecule has 0 spiro atoms. The maximum absolute atomic E-state index is 6.45. The van der Waals surface area contributed by atoms with Crippen molar-refractivity contribution < 1.29 is 4.74 Å². The number of benzene rings is 3. The van der Waals surface area contributed by atoms with E-state index >= 15 is 0 Å². The Morgan fingerprint density at radius 1 is 1.07 bits per heavy atom. The minimum atomic E-state index is -0.0528. The molecule has 0 saturated heterocycles. The first-order valence-corrected chi connectivity index (χ1v) is 11.6. The molecule has 2 aliphatic rings. The van der Waals surface area contributed by atoms with Crippen LogP contribution in [0.5, 0.6) is 5.75 Å². The molecule has 3 aromatic carbocycles. The van der Waals surface area contributed by atoms with Crippen LogP contribution in [0.4, 0.5) is 0 Å². The Morgan fingerprint density at radius 3 is 2.66 bits per heavy atom. The van der Waals surface area contributed by atoms with Crippen molar-refractivity contribution in [2.24, 2.45) is 11.0 Å². The van der Waals surface area contributed by atoms with E-state index in [1.54, 1.807) is 0 Å². The lowest BCUT2D eigenvalue weighted by Crippen LogP contribution is -2.41. The Balaban J connectivity index is 1.57. The molecule has 0 amide bonds. The molecule has 0 radical (unpaired) electrons. The molecule has 3 aromatic rings. The van der Waals surface area contributed by atoms with Gasteiger partial charge in [-0.25, -0.2) is 0 Å². The van der Waals surface area contributed by atoms with Gasteiger partial charge in [0.2, 0.25) is 0 Å². The van der Waals surface area contributed by atoms with Crippen LogP contribution in [-0.2, 0) is 0 Å². The summed E-state index contributed by atoms with van der Waals surface area (Å²) >= 11 is 7.34. The van der Waals surface area contributed by atoms with Crippen LogP contribution in [0.2, 0.25) is 0 Å². The standard InChI is InChI=1S/C24H22Br2N2O/c1-14(2)9-23-28-22(19-11-18(25)12-20(26)24(19)29-23)13-21(27-28)17-8-7-15-5-3-4-6-16(15)10-17/h3-8,10-12,14,22-23H,9,13H2,1-2H3/t22-,23-/m0/s1. The van der Waals surface area contributed by atoms with Gasteiger partial charge >= 0.3 is 0 Å². The molecule has 2 heterocycles. The number of hydrogen-bond acceptors (Lipinski definition) is 3. The molecule has 0 N–H and O–H groups in total. The molecule has 2 atom stereocenters. The third-order valence-electron chi connectivity index (χ3n) is 5.64. The van der Waals surface area contributed by atoms with E-state index in [0.29, 0.717) is 5.92 Å². The average Bonchev–Trinajstić information content (AvgIpc) is 3.14. The van der Waals surface area contributed by atoms with E-state index in [4.69, 9.17) is 9.84 Å². The summed E-state index contributed by atoms with van der Waals surface area (Å²) in [7, 11) is 0. The zero-order valence-corrected chi connectivity index (χ0v) is 19.6. The highest BCUT2D eigenvalue weighted by Gasteiger charge is 2.41. The van der Waals surface area contributed by atoms with Crippen molar-refractivity contribution in [1.82, 2.24) is 5.01 Å². The van der Waals surface area contributed by atoms with Crippen LogP contribution in [0.25, 0.3) is 10.8 Å². The molecule has 5 rings (SSSR count). The third-order valence-corrected chi connectivity index (χ3v) is 6.69. The van der Waals surface area contributed by atoms with E-state index < -0.39 is 0 Å². The summed E-state index contributed by atoms with van der Waals surface area (Å²) < 4.78 is 8.49. The molecular formula is C24H22Br2N2O. The van der Waals surface area contributed by atoms with Gasteiger partial charge in [-0.15, -0.1) is 0 Å². The molecule has 0 aliphatic carbocycles. The van der Waals surface area contributed by atoms with Crippen LogP contribution >= 0.6 is 31.9 Å². The summed E-state index contributed by atoms with van der Waals surface area (Å²) in [6.07, 6.45) is 1.77. The van der Waals surface area contributed by atoms with Gasteiger partial charge in [0, 0.05) is 22.9 Å². The fourth-order valence-corrected chi connectivity index (χ4v) is 5.64. The number of ether oxygens (including phenoxy) is 1. The van der Waals surface area contributed by atoms with Gasteiger partial charge < -0.3 is 4.74 Å². The monoisotopic (exact) mass is 512 g/mol. The maximum atomic E-state index is 6.45. The predicted molar refractivity (Wildman–Crippen MR) is 125 cm³/mol. The van der Waals surface area contributed by atoms with Crippen molar-refractivity contribution in [2.75, 3.05) is 0 Å². The van der Waals surface area contributed by atoms with Crippen molar-refractivity contribution in [3.63, 3.8) is 0 Å². The molecule has 0 saturated carbocycles. The Morgan fingerprint density at radius 2 is 1.86 bits per heavy atom. The van der Waals surface area contributed by atoms with Crippen LogP contribution in [0, 0.1) is 5.92 Å². The van der Waals surface area contributed by atoms with Crippen molar-refractivity contribution in [1.29, 1.82) is 0 Å². The summed E-state index contributed by atoms with van der Waals surface area (Å²) in [6, 6.07) is 19.5. The zero-order chi connectivity index (χ0) is 20.1. The van der Waals surface area contributed by atoms with E-state index in [-0.39, 0.29) is 12.3 Å². The average molecular weight is 514 g/mol. The van der Waals surface area contributed by atoms with Gasteiger partial charge in [-0.2, -0.15) is 5.10 Å². The second kappa shape index (κ2) is 7.44. The Hall–Kier alpha value is -1.85. The zero-order valence-electron chi connectivity index (χ0n) is 16.4. The predicted octanol–water partition coefficient (Wildman–Crippen LogP) is 7.28. The highest BCUT2D eigenvalue weighted by molar-refractivity contribution is 9.11. The summed E-state index contributed by atoms with van der Waals surface area (Å²) in [5, 5.41) is 9.77. The van der Waals surface area contributed by atoms with Crippen LogP contribution < -0.4 is 4.74 Å². The lowest BCUT2D eigenvalue weighted by atomic mass is 9.95. The van der Waals surface area contributed by atoms with Gasteiger partial charge in [0.25, 0.3) is 0 Å². The molecule has 0 aromatic heterocycles. The summed E-state index contributed by atoms with van der Waals surface area (Å²) in [5.41, 5.74) is 3.50. The first kappa shape index (κ1) is 19.1. The minimum Gasteiger partial charge on any atom is -0.467 e. The largest absolute Gasteiger partial charge is 0.467 e. The van der Waals surface area contributed by atoms with Crippen molar-refractivity contribution in [2.45, 2.75) is 39.0 Å². The summed E-state index contributed by atoms with van der Waals surface area (Å²) in [5.74, 6) is 1.48. The maximum Gasteiger partial charge on any atom is 0.188 e. The second-order valence-electron chi connectivity index (χ2n) is 8.22. The highest BCUT2D eigenvalue weighted by atomic mass is 79.9. The number of hydrazone groups is 1. The smallest absolute Gasteiger partial charge is 0.188 e. The van der Waals surface area contributed by atoms with E-state index in [9.17, 15) is 0 Å². The topological polar surface area (TPSA) is 24.8 Å². The van der Waals surface area contributed by atoms with Crippen molar-refractivity contribution in [3.05, 3.63) is 74.7 Å². The molecule has 0 fully saturated rings. The summed E-state index contributed by atoms with van der Waals surface area (Å²) in [4.78, 5) is 0. The van der Waals surface area contributed by atoms with Gasteiger partial charge in [-0.05, 0) is 56.4 Å². The van der Waals surface area contributed by atoms with E-state index in [1.165, 1.54) is 21.9 Å². The van der Waals surface area contributed by atoms with Crippen LogP contribution in [0.1, 0.15) is 43.9 Å². The van der Waals surface area contributed by atoms with Crippen molar-refractivity contribution in [3.8, 4) is 5.75 Å². The molecule has 29 heavy (non-hydrogen) atoms. The first-order valence-electron chi connectivity index (χ1n) is 10.00. The second-order valence-corrected chi connectivity index (χ2v) is 9.99. The first-order chi connectivity index (χ1) is 14.0. The number of hydrogen-bond donors (Lipinski definition) is 0. The van der Waals surface area contributed by atoms with Gasteiger partial charge in [0.05, 0.1) is 16.2 Å². The minimum absolute atomic E-state index is 0.0528. The van der Waals surface area contributed by atoms with Crippen LogP contribution in [0.3, 0.4) is 0 Å². The fraction of sp³-hybridized carbons (Fsp3) is 0.292. The van der Waals surface area contributed by atoms with Gasteiger partial charge in [-0.3, -0.25) is 5.01 Å². The van der Waals surface area contributed by atoms with Crippen LogP contribution in [-0.4, -0.2) is 16.9 Å². The Bertz CT molecular complexity index is 1130. The SMILES string of the molecule is CC(C)C[C@@H]1Oc2c(Br)cc(Br)cc2[C@@H]2CC(c3ccc4ccccc4c3)=NN12. The van der Waals surface area contributed by atoms with Crippen molar-refractivity contribution >= 4 is 48.3 Å². The lowest BCUT2D eigenvalue weighted by Gasteiger charge is -2.39. The molecular weight excluding hydrogens is 492 g/mol. The van der Waals surface area contributed by atoms with E-state index in [1.807, 2.05) is 0 Å². The van der Waals surface area contributed by atoms with Crippen LogP contribution in [0.15, 0.2) is 68.6 Å². The molecule has 0 bridgehead atoms. The quantitative estimate of drug-likeness (QED) is 0.367. The van der Waals surface area contributed by atoms with Gasteiger partial charge in [0.1, 0.15) is 5.75 Å². The number of halogens is 2. The van der Waals surface area contributed by atoms with E-state index in [0.717, 1.165) is 33.2 Å². The highest BCUT2D eigenvalue weighted by Crippen LogP contribution is 2.48. The van der Waals surface area contributed by atoms with Gasteiger partial charge in [0.15, 0.2) is 6.23 Å². The fourth-order valence-electron chi connectivity index (χ4n) is 4.29. The molecule has 3 nitrogen and oxygen atoms in total. The number of rotatable bonds is 3. The third kappa shape index (κ3) is 3.49. The van der Waals surface area contributed by atoms with E-state index in [2.05, 4.69) is 105 Å². The summed E-state index contributed by atoms with van der Waals surface area (Å²) in [6.45, 7) is 4.46. The number of nitrogens with zero attached hydrogens (tertiary/aromatic N) is 2. The molecule has 5 heteroatoms. The molecule has 2 aliphatic heterocycles. The normalized spacial score (nSPS) is 20.4. The molecule has 0 unspecified atom stereocenters. The molecule has 148 valence electrons. The lowest BCUT2D eigenvalue weighted by molar-refractivity contribution is -0.0297.